The summed E-state index contributed by atoms with van der Waals surface area (Å²) >= 11 is 0. The van der Waals surface area contributed by atoms with E-state index < -0.39 is 0 Å². The fourth-order valence-corrected chi connectivity index (χ4v) is 3.14. The van der Waals surface area contributed by atoms with Crippen molar-refractivity contribution in [3.8, 4) is 0 Å². The molecule has 5 heteroatoms. The number of amides is 1. The summed E-state index contributed by atoms with van der Waals surface area (Å²) < 4.78 is 5.45. The number of likely N-dealkylation sites (tertiary alicyclic amines) is 1. The average Bonchev–Trinajstić information content (AvgIpc) is 2.93. The summed E-state index contributed by atoms with van der Waals surface area (Å²) in [5.41, 5.74) is 0.967. The van der Waals surface area contributed by atoms with Crippen LogP contribution in [-0.4, -0.2) is 47.3 Å². The Morgan fingerprint density at radius 2 is 2.22 bits per heavy atom. The normalized spacial score (nSPS) is 23.2. The van der Waals surface area contributed by atoms with Gasteiger partial charge in [0, 0.05) is 32.5 Å². The number of aromatic nitrogens is 2. The number of hydrogen-bond acceptors (Lipinski definition) is 3. The fourth-order valence-electron chi connectivity index (χ4n) is 3.14. The standard InChI is InChI=1S/C13H19N3O2/c17-12(11-8-14-15-9-11)16-5-1-2-13(10-16)3-6-18-7-4-13/h8-9H,1-7,10H2,(H,14,15). The van der Waals surface area contributed by atoms with E-state index in [2.05, 4.69) is 10.2 Å². The molecule has 18 heavy (non-hydrogen) atoms. The van der Waals surface area contributed by atoms with Gasteiger partial charge in [-0.2, -0.15) is 5.10 Å². The second-order valence-electron chi connectivity index (χ2n) is 5.43. The fraction of sp³-hybridized carbons (Fsp3) is 0.692. The van der Waals surface area contributed by atoms with Crippen molar-refractivity contribution < 1.29 is 9.53 Å². The zero-order valence-electron chi connectivity index (χ0n) is 10.5. The van der Waals surface area contributed by atoms with E-state index in [1.807, 2.05) is 4.90 Å². The number of nitrogens with one attached hydrogen (secondary N) is 1. The second-order valence-corrected chi connectivity index (χ2v) is 5.43. The molecule has 1 N–H and O–H groups in total. The van der Waals surface area contributed by atoms with Gasteiger partial charge in [-0.1, -0.05) is 0 Å². The Morgan fingerprint density at radius 1 is 1.39 bits per heavy atom. The summed E-state index contributed by atoms with van der Waals surface area (Å²) in [4.78, 5) is 14.3. The molecule has 0 aliphatic carbocycles. The summed E-state index contributed by atoms with van der Waals surface area (Å²) in [7, 11) is 0. The van der Waals surface area contributed by atoms with Crippen LogP contribution in [0.2, 0.25) is 0 Å². The van der Waals surface area contributed by atoms with Crippen LogP contribution in [0.25, 0.3) is 0 Å². The molecule has 3 rings (SSSR count). The molecule has 0 atom stereocenters. The van der Waals surface area contributed by atoms with Crippen molar-refractivity contribution >= 4 is 5.91 Å². The van der Waals surface area contributed by atoms with Crippen molar-refractivity contribution in [2.45, 2.75) is 25.7 Å². The summed E-state index contributed by atoms with van der Waals surface area (Å²) in [5.74, 6) is 0.106. The molecule has 0 radical (unpaired) electrons. The Hall–Kier alpha value is -1.36. The van der Waals surface area contributed by atoms with Crippen molar-refractivity contribution in [2.24, 2.45) is 5.41 Å². The number of piperidine rings is 1. The van der Waals surface area contributed by atoms with Crippen molar-refractivity contribution in [1.82, 2.24) is 15.1 Å². The summed E-state index contributed by atoms with van der Waals surface area (Å²) in [6.07, 6.45) is 7.78. The van der Waals surface area contributed by atoms with Crippen molar-refractivity contribution in [1.29, 1.82) is 0 Å². The molecule has 1 aromatic heterocycles. The number of carbonyl (C=O) groups excluding carboxylic acids is 1. The summed E-state index contributed by atoms with van der Waals surface area (Å²) in [5, 5.41) is 6.55. The Kier molecular flexibility index (Phi) is 3.07. The molecule has 1 spiro atoms. The van der Waals surface area contributed by atoms with Gasteiger partial charge in [-0.25, -0.2) is 0 Å². The molecule has 0 bridgehead atoms. The first-order chi connectivity index (χ1) is 8.79. The van der Waals surface area contributed by atoms with Gasteiger partial charge in [-0.05, 0) is 31.1 Å². The SMILES string of the molecule is O=C(c1cn[nH]c1)N1CCCC2(CCOCC2)C1. The number of aromatic amines is 1. The Labute approximate surface area is 107 Å². The zero-order chi connectivity index (χ0) is 12.4. The highest BCUT2D eigenvalue weighted by molar-refractivity contribution is 5.93. The van der Waals surface area contributed by atoms with E-state index in [4.69, 9.17) is 4.74 Å². The lowest BCUT2D eigenvalue weighted by Gasteiger charge is -2.45. The van der Waals surface area contributed by atoms with E-state index in [0.717, 1.165) is 45.6 Å². The van der Waals surface area contributed by atoms with E-state index in [0.29, 0.717) is 11.0 Å². The highest BCUT2D eigenvalue weighted by atomic mass is 16.5. The minimum Gasteiger partial charge on any atom is -0.381 e. The van der Waals surface area contributed by atoms with Gasteiger partial charge in [0.25, 0.3) is 5.91 Å². The van der Waals surface area contributed by atoms with Crippen LogP contribution < -0.4 is 0 Å². The van der Waals surface area contributed by atoms with Gasteiger partial charge in [0.2, 0.25) is 0 Å². The van der Waals surface area contributed by atoms with Crippen LogP contribution in [0.4, 0.5) is 0 Å². The molecule has 2 aliphatic rings. The van der Waals surface area contributed by atoms with E-state index in [9.17, 15) is 4.79 Å². The lowest BCUT2D eigenvalue weighted by molar-refractivity contribution is -0.0229. The van der Waals surface area contributed by atoms with E-state index in [1.54, 1.807) is 12.4 Å². The molecule has 1 aromatic rings. The first-order valence-electron chi connectivity index (χ1n) is 6.65. The van der Waals surface area contributed by atoms with Crippen molar-refractivity contribution in [2.75, 3.05) is 26.3 Å². The molecule has 5 nitrogen and oxygen atoms in total. The maximum atomic E-state index is 12.3. The third kappa shape index (κ3) is 2.14. The third-order valence-corrected chi connectivity index (χ3v) is 4.25. The van der Waals surface area contributed by atoms with E-state index in [1.165, 1.54) is 6.42 Å². The van der Waals surface area contributed by atoms with Gasteiger partial charge in [0.15, 0.2) is 0 Å². The molecular weight excluding hydrogens is 230 g/mol. The molecule has 0 unspecified atom stereocenters. The predicted molar refractivity (Wildman–Crippen MR) is 66.2 cm³/mol. The second kappa shape index (κ2) is 4.72. The van der Waals surface area contributed by atoms with Crippen LogP contribution in [0.1, 0.15) is 36.0 Å². The zero-order valence-corrected chi connectivity index (χ0v) is 10.5. The van der Waals surface area contributed by atoms with Crippen LogP contribution in [0.5, 0.6) is 0 Å². The van der Waals surface area contributed by atoms with Crippen molar-refractivity contribution in [3.63, 3.8) is 0 Å². The van der Waals surface area contributed by atoms with E-state index in [-0.39, 0.29) is 5.91 Å². The van der Waals surface area contributed by atoms with Gasteiger partial charge in [0.05, 0.1) is 11.8 Å². The molecule has 98 valence electrons. The van der Waals surface area contributed by atoms with Crippen LogP contribution in [-0.2, 0) is 4.74 Å². The average molecular weight is 249 g/mol. The maximum absolute atomic E-state index is 12.3. The predicted octanol–water partition coefficient (Wildman–Crippen LogP) is 1.44. The summed E-state index contributed by atoms with van der Waals surface area (Å²) in [6.45, 7) is 3.43. The minimum absolute atomic E-state index is 0.106. The number of rotatable bonds is 1. The van der Waals surface area contributed by atoms with Crippen LogP contribution in [0.3, 0.4) is 0 Å². The van der Waals surface area contributed by atoms with Gasteiger partial charge >= 0.3 is 0 Å². The highest BCUT2D eigenvalue weighted by Crippen LogP contribution is 2.39. The Balaban J connectivity index is 1.72. The quantitative estimate of drug-likeness (QED) is 0.819. The first-order valence-corrected chi connectivity index (χ1v) is 6.65. The molecular formula is C13H19N3O2. The topological polar surface area (TPSA) is 58.2 Å². The third-order valence-electron chi connectivity index (χ3n) is 4.25. The number of nitrogens with zero attached hydrogens (tertiary/aromatic N) is 2. The Bertz CT molecular complexity index is 404. The molecule has 2 aliphatic heterocycles. The van der Waals surface area contributed by atoms with Gasteiger partial charge in [-0.3, -0.25) is 9.89 Å². The monoisotopic (exact) mass is 249 g/mol. The maximum Gasteiger partial charge on any atom is 0.257 e. The van der Waals surface area contributed by atoms with Gasteiger partial charge in [0.1, 0.15) is 0 Å². The van der Waals surface area contributed by atoms with Gasteiger partial charge in [-0.15, -0.1) is 0 Å². The number of hydrogen-bond donors (Lipinski definition) is 1. The van der Waals surface area contributed by atoms with Crippen LogP contribution >= 0.6 is 0 Å². The smallest absolute Gasteiger partial charge is 0.257 e. The molecule has 3 heterocycles. The molecule has 2 saturated heterocycles. The Morgan fingerprint density at radius 3 is 2.94 bits per heavy atom. The molecule has 0 saturated carbocycles. The first kappa shape index (κ1) is 11.7. The molecule has 0 aromatic carbocycles. The van der Waals surface area contributed by atoms with Crippen LogP contribution in [0, 0.1) is 5.41 Å². The minimum atomic E-state index is 0.106. The van der Waals surface area contributed by atoms with Crippen LogP contribution in [0.15, 0.2) is 12.4 Å². The lowest BCUT2D eigenvalue weighted by atomic mass is 9.74. The highest BCUT2D eigenvalue weighted by Gasteiger charge is 2.38. The number of ether oxygens (including phenoxy) is 1. The summed E-state index contributed by atoms with van der Waals surface area (Å²) in [6, 6.07) is 0. The number of H-pyrrole nitrogens is 1. The number of carbonyl (C=O) groups is 1. The van der Waals surface area contributed by atoms with E-state index >= 15 is 0 Å². The van der Waals surface area contributed by atoms with Gasteiger partial charge < -0.3 is 9.64 Å². The van der Waals surface area contributed by atoms with Crippen molar-refractivity contribution in [3.05, 3.63) is 18.0 Å². The largest absolute Gasteiger partial charge is 0.381 e. The molecule has 1 amide bonds. The lowest BCUT2D eigenvalue weighted by Crippen LogP contribution is -2.48. The molecule has 2 fully saturated rings.